The third kappa shape index (κ3) is 3.35. The van der Waals surface area contributed by atoms with Gasteiger partial charge in [-0.05, 0) is 22.9 Å². The number of rotatable bonds is 5. The van der Waals surface area contributed by atoms with Crippen LogP contribution in [0.15, 0.2) is 42.6 Å². The minimum Gasteiger partial charge on any atom is -0.493 e. The standard InChI is InChI=1S/C16H17NO3/c1-12(2)11-20-16-8-7-13(9-10-17(18)19)14-5-3-4-6-15(14)16/h3-10,12H,11H2,1-2H3/b10-9+. The number of hydrogen-bond acceptors (Lipinski definition) is 3. The first-order chi connectivity index (χ1) is 9.58. The summed E-state index contributed by atoms with van der Waals surface area (Å²) in [5.41, 5.74) is 0.814. The fourth-order valence-corrected chi connectivity index (χ4v) is 1.96. The highest BCUT2D eigenvalue weighted by molar-refractivity contribution is 5.94. The lowest BCUT2D eigenvalue weighted by Crippen LogP contribution is -2.04. The highest BCUT2D eigenvalue weighted by atomic mass is 16.6. The van der Waals surface area contributed by atoms with E-state index in [2.05, 4.69) is 13.8 Å². The Morgan fingerprint density at radius 2 is 1.90 bits per heavy atom. The van der Waals surface area contributed by atoms with Crippen molar-refractivity contribution >= 4 is 16.8 Å². The second-order valence-electron chi connectivity index (χ2n) is 5.00. The summed E-state index contributed by atoms with van der Waals surface area (Å²) < 4.78 is 5.80. The summed E-state index contributed by atoms with van der Waals surface area (Å²) >= 11 is 0. The first kappa shape index (κ1) is 14.1. The molecule has 0 saturated heterocycles. The van der Waals surface area contributed by atoms with Crippen LogP contribution in [0.3, 0.4) is 0 Å². The van der Waals surface area contributed by atoms with Crippen LogP contribution in [0.4, 0.5) is 0 Å². The third-order valence-electron chi connectivity index (χ3n) is 2.87. The lowest BCUT2D eigenvalue weighted by Gasteiger charge is -2.12. The van der Waals surface area contributed by atoms with Crippen LogP contribution in [0.5, 0.6) is 5.75 Å². The van der Waals surface area contributed by atoms with Crippen molar-refractivity contribution in [3.8, 4) is 5.75 Å². The van der Waals surface area contributed by atoms with Crippen molar-refractivity contribution in [3.05, 3.63) is 58.3 Å². The molecule has 0 unspecified atom stereocenters. The lowest BCUT2D eigenvalue weighted by molar-refractivity contribution is -0.400. The summed E-state index contributed by atoms with van der Waals surface area (Å²) in [6, 6.07) is 11.5. The van der Waals surface area contributed by atoms with Crippen molar-refractivity contribution in [2.24, 2.45) is 5.92 Å². The fourth-order valence-electron chi connectivity index (χ4n) is 1.96. The number of benzene rings is 2. The van der Waals surface area contributed by atoms with Crippen LogP contribution in [0.2, 0.25) is 0 Å². The van der Waals surface area contributed by atoms with Gasteiger partial charge < -0.3 is 4.74 Å². The van der Waals surface area contributed by atoms with Crippen LogP contribution in [-0.2, 0) is 0 Å². The molecule has 0 aliphatic rings. The van der Waals surface area contributed by atoms with Gasteiger partial charge in [-0.2, -0.15) is 0 Å². The number of nitrogens with zero attached hydrogens (tertiary/aromatic N) is 1. The second-order valence-corrected chi connectivity index (χ2v) is 5.00. The molecule has 0 fully saturated rings. The molecule has 4 heteroatoms. The summed E-state index contributed by atoms with van der Waals surface area (Å²) in [4.78, 5) is 9.99. The van der Waals surface area contributed by atoms with E-state index >= 15 is 0 Å². The van der Waals surface area contributed by atoms with E-state index in [4.69, 9.17) is 4.74 Å². The van der Waals surface area contributed by atoms with Gasteiger partial charge in [0.15, 0.2) is 0 Å². The highest BCUT2D eigenvalue weighted by Crippen LogP contribution is 2.29. The minimum absolute atomic E-state index is 0.447. The molecule has 0 heterocycles. The van der Waals surface area contributed by atoms with E-state index in [1.54, 1.807) is 0 Å². The Morgan fingerprint density at radius 1 is 1.20 bits per heavy atom. The molecule has 0 aromatic heterocycles. The molecule has 0 spiro atoms. The maximum atomic E-state index is 10.4. The summed E-state index contributed by atoms with van der Waals surface area (Å²) in [6.07, 6.45) is 2.46. The lowest BCUT2D eigenvalue weighted by atomic mass is 10.0. The van der Waals surface area contributed by atoms with Crippen LogP contribution >= 0.6 is 0 Å². The van der Waals surface area contributed by atoms with Gasteiger partial charge in [0.25, 0.3) is 0 Å². The molecular weight excluding hydrogens is 254 g/mol. The quantitative estimate of drug-likeness (QED) is 0.607. The summed E-state index contributed by atoms with van der Waals surface area (Å²) in [5, 5.41) is 12.4. The molecule has 0 atom stereocenters. The van der Waals surface area contributed by atoms with Gasteiger partial charge in [-0.25, -0.2) is 0 Å². The summed E-state index contributed by atoms with van der Waals surface area (Å²) in [6.45, 7) is 4.83. The molecular formula is C16H17NO3. The molecule has 0 aliphatic heterocycles. The zero-order valence-electron chi connectivity index (χ0n) is 11.6. The molecule has 0 bridgehead atoms. The number of ether oxygens (including phenoxy) is 1. The van der Waals surface area contributed by atoms with E-state index in [1.165, 1.54) is 6.08 Å². The molecule has 0 amide bonds. The minimum atomic E-state index is -0.460. The molecule has 4 nitrogen and oxygen atoms in total. The molecule has 0 N–H and O–H groups in total. The summed E-state index contributed by atoms with van der Waals surface area (Å²) in [7, 11) is 0. The van der Waals surface area contributed by atoms with E-state index in [-0.39, 0.29) is 0 Å². The normalized spacial score (nSPS) is 11.3. The smallest absolute Gasteiger partial charge is 0.235 e. The van der Waals surface area contributed by atoms with Crippen LogP contribution < -0.4 is 4.74 Å². The molecule has 20 heavy (non-hydrogen) atoms. The van der Waals surface area contributed by atoms with E-state index in [1.807, 2.05) is 36.4 Å². The fraction of sp³-hybridized carbons (Fsp3) is 0.250. The van der Waals surface area contributed by atoms with Gasteiger partial charge in [-0.15, -0.1) is 0 Å². The Hall–Kier alpha value is -2.36. The molecule has 2 aromatic carbocycles. The molecule has 2 aromatic rings. The van der Waals surface area contributed by atoms with Gasteiger partial charge in [0.1, 0.15) is 5.75 Å². The molecule has 2 rings (SSSR count). The van der Waals surface area contributed by atoms with E-state index < -0.39 is 4.92 Å². The monoisotopic (exact) mass is 271 g/mol. The second kappa shape index (κ2) is 6.19. The first-order valence-electron chi connectivity index (χ1n) is 6.54. The van der Waals surface area contributed by atoms with Crippen molar-refractivity contribution in [2.75, 3.05) is 6.61 Å². The number of hydrogen-bond donors (Lipinski definition) is 0. The highest BCUT2D eigenvalue weighted by Gasteiger charge is 2.06. The van der Waals surface area contributed by atoms with Gasteiger partial charge in [0.05, 0.1) is 11.5 Å². The van der Waals surface area contributed by atoms with Gasteiger partial charge in [-0.3, -0.25) is 10.1 Å². The zero-order chi connectivity index (χ0) is 14.5. The topological polar surface area (TPSA) is 52.4 Å². The van der Waals surface area contributed by atoms with Gasteiger partial charge in [0, 0.05) is 11.5 Å². The Bertz CT molecular complexity index is 647. The van der Waals surface area contributed by atoms with Crippen molar-refractivity contribution in [2.45, 2.75) is 13.8 Å². The van der Waals surface area contributed by atoms with E-state index in [0.717, 1.165) is 28.3 Å². The molecule has 104 valence electrons. The van der Waals surface area contributed by atoms with E-state index in [0.29, 0.717) is 12.5 Å². The zero-order valence-corrected chi connectivity index (χ0v) is 11.6. The first-order valence-corrected chi connectivity index (χ1v) is 6.54. The maximum Gasteiger partial charge on any atom is 0.235 e. The van der Waals surface area contributed by atoms with Crippen molar-refractivity contribution in [1.29, 1.82) is 0 Å². The largest absolute Gasteiger partial charge is 0.493 e. The Labute approximate surface area is 117 Å². The Morgan fingerprint density at radius 3 is 2.55 bits per heavy atom. The van der Waals surface area contributed by atoms with Crippen LogP contribution in [0.1, 0.15) is 19.4 Å². The van der Waals surface area contributed by atoms with Gasteiger partial charge in [0.2, 0.25) is 6.20 Å². The van der Waals surface area contributed by atoms with Crippen molar-refractivity contribution in [3.63, 3.8) is 0 Å². The Balaban J connectivity index is 2.44. The number of nitro groups is 1. The average molecular weight is 271 g/mol. The third-order valence-corrected chi connectivity index (χ3v) is 2.87. The van der Waals surface area contributed by atoms with Crippen molar-refractivity contribution in [1.82, 2.24) is 0 Å². The molecule has 0 aliphatic carbocycles. The predicted octanol–water partition coefficient (Wildman–Crippen LogP) is 4.12. The van der Waals surface area contributed by atoms with Gasteiger partial charge >= 0.3 is 0 Å². The van der Waals surface area contributed by atoms with Crippen LogP contribution in [0, 0.1) is 16.0 Å². The predicted molar refractivity (Wildman–Crippen MR) is 80.3 cm³/mol. The molecule has 0 radical (unpaired) electrons. The SMILES string of the molecule is CC(C)COc1ccc(/C=C/[N+](=O)[O-])c2ccccc12. The maximum absolute atomic E-state index is 10.4. The summed E-state index contributed by atoms with van der Waals surface area (Å²) in [5.74, 6) is 1.26. The number of fused-ring (bicyclic) bond motifs is 1. The molecule has 0 saturated carbocycles. The van der Waals surface area contributed by atoms with E-state index in [9.17, 15) is 10.1 Å². The van der Waals surface area contributed by atoms with Crippen LogP contribution in [-0.4, -0.2) is 11.5 Å². The van der Waals surface area contributed by atoms with Crippen LogP contribution in [0.25, 0.3) is 16.8 Å². The Kier molecular flexibility index (Phi) is 4.35. The van der Waals surface area contributed by atoms with Crippen molar-refractivity contribution < 1.29 is 9.66 Å². The van der Waals surface area contributed by atoms with Gasteiger partial charge in [-0.1, -0.05) is 44.2 Å². The average Bonchev–Trinajstić information content (AvgIpc) is 2.43.